The number of hydrogen-bond acceptors (Lipinski definition) is 8. The fraction of sp³-hybridized carbons (Fsp3) is 0.200. The van der Waals surface area contributed by atoms with Crippen LogP contribution in [0.1, 0.15) is 22.2 Å². The lowest BCUT2D eigenvalue weighted by Crippen LogP contribution is -2.28. The number of thioether (sulfide) groups is 1. The molecule has 0 aliphatic carbocycles. The van der Waals surface area contributed by atoms with Gasteiger partial charge in [0.1, 0.15) is 0 Å². The molecule has 10 heteroatoms. The van der Waals surface area contributed by atoms with Crippen LogP contribution in [0, 0.1) is 0 Å². The summed E-state index contributed by atoms with van der Waals surface area (Å²) in [6.07, 6.45) is 2.33. The minimum absolute atomic E-state index is 0.0486. The Kier molecular flexibility index (Phi) is 5.28. The van der Waals surface area contributed by atoms with Crippen molar-refractivity contribution in [1.82, 2.24) is 19.8 Å². The molecular weight excluding hydrogens is 438 g/mol. The lowest BCUT2D eigenvalue weighted by atomic mass is 10.1. The monoisotopic (exact) mass is 455 g/mol. The zero-order chi connectivity index (χ0) is 20.5. The van der Waals surface area contributed by atoms with E-state index in [-0.39, 0.29) is 17.7 Å². The van der Waals surface area contributed by atoms with Crippen molar-refractivity contribution in [3.8, 4) is 11.6 Å². The molecule has 1 aliphatic heterocycles. The van der Waals surface area contributed by atoms with Crippen LogP contribution < -0.4 is 0 Å². The predicted molar refractivity (Wildman–Crippen MR) is 119 cm³/mol. The van der Waals surface area contributed by atoms with E-state index in [0.29, 0.717) is 16.7 Å². The molecule has 0 radical (unpaired) electrons. The van der Waals surface area contributed by atoms with Crippen molar-refractivity contribution in [2.45, 2.75) is 17.6 Å². The molecule has 0 spiro atoms. The summed E-state index contributed by atoms with van der Waals surface area (Å²) in [7, 11) is 1.86. The van der Waals surface area contributed by atoms with Gasteiger partial charge < -0.3 is 8.98 Å². The summed E-state index contributed by atoms with van der Waals surface area (Å²) >= 11 is 4.65. The summed E-state index contributed by atoms with van der Waals surface area (Å²) in [5.41, 5.74) is 0.959. The molecule has 0 saturated heterocycles. The van der Waals surface area contributed by atoms with Crippen molar-refractivity contribution in [3.63, 3.8) is 0 Å². The smallest absolute Gasteiger partial charge is 0.253 e. The van der Waals surface area contributed by atoms with E-state index in [4.69, 9.17) is 9.52 Å². The summed E-state index contributed by atoms with van der Waals surface area (Å²) in [4.78, 5) is 15.4. The van der Waals surface area contributed by atoms with E-state index >= 15 is 0 Å². The molecule has 0 bridgehead atoms. The maximum Gasteiger partial charge on any atom is 0.253 e. The SMILES string of the molecule is Cn1c(SCC(=O)N2N=C(c3cccs3)C[C@H]2c2cccs2)nnc1-c1ccco1. The number of hydrogen-bond donors (Lipinski definition) is 0. The van der Waals surface area contributed by atoms with E-state index in [0.717, 1.165) is 21.9 Å². The van der Waals surface area contributed by atoms with E-state index in [1.165, 1.54) is 11.8 Å². The quantitative estimate of drug-likeness (QED) is 0.395. The minimum Gasteiger partial charge on any atom is -0.461 e. The first-order valence-corrected chi connectivity index (χ1v) is 12.0. The van der Waals surface area contributed by atoms with Crippen LogP contribution in [-0.4, -0.2) is 37.1 Å². The van der Waals surface area contributed by atoms with Crippen LogP contribution in [0.2, 0.25) is 0 Å². The number of thiophene rings is 2. The molecule has 0 saturated carbocycles. The Bertz CT molecular complexity index is 1160. The highest BCUT2D eigenvalue weighted by Crippen LogP contribution is 2.36. The molecule has 0 aromatic carbocycles. The number of hydrazone groups is 1. The third-order valence-electron chi connectivity index (χ3n) is 4.74. The zero-order valence-electron chi connectivity index (χ0n) is 16.0. The van der Waals surface area contributed by atoms with Crippen LogP contribution in [0.4, 0.5) is 0 Å². The van der Waals surface area contributed by atoms with Gasteiger partial charge in [0.25, 0.3) is 5.91 Å². The molecule has 5 rings (SSSR count). The average Bonchev–Trinajstić information content (AvgIpc) is 3.56. The van der Waals surface area contributed by atoms with Crippen LogP contribution in [-0.2, 0) is 11.8 Å². The first-order valence-electron chi connectivity index (χ1n) is 9.23. The third-order valence-corrected chi connectivity index (χ3v) is 7.64. The fourth-order valence-electron chi connectivity index (χ4n) is 3.29. The highest BCUT2D eigenvalue weighted by Gasteiger charge is 2.34. The van der Waals surface area contributed by atoms with Gasteiger partial charge in [-0.2, -0.15) is 5.10 Å². The average molecular weight is 456 g/mol. The molecule has 30 heavy (non-hydrogen) atoms. The molecule has 1 aliphatic rings. The second-order valence-electron chi connectivity index (χ2n) is 6.63. The summed E-state index contributed by atoms with van der Waals surface area (Å²) < 4.78 is 7.23. The summed E-state index contributed by atoms with van der Waals surface area (Å²) in [6.45, 7) is 0. The summed E-state index contributed by atoms with van der Waals surface area (Å²) in [6, 6.07) is 11.7. The molecule has 152 valence electrons. The van der Waals surface area contributed by atoms with Crippen LogP contribution in [0.3, 0.4) is 0 Å². The molecule has 0 fully saturated rings. The van der Waals surface area contributed by atoms with Gasteiger partial charge in [0.05, 0.1) is 28.6 Å². The van der Waals surface area contributed by atoms with Gasteiger partial charge in [-0.15, -0.1) is 32.9 Å². The number of nitrogens with zero attached hydrogens (tertiary/aromatic N) is 5. The van der Waals surface area contributed by atoms with Crippen molar-refractivity contribution in [2.75, 3.05) is 5.75 Å². The minimum atomic E-state index is -0.0617. The van der Waals surface area contributed by atoms with Crippen molar-refractivity contribution in [1.29, 1.82) is 0 Å². The fourth-order valence-corrected chi connectivity index (χ4v) is 5.58. The largest absolute Gasteiger partial charge is 0.461 e. The van der Waals surface area contributed by atoms with Crippen molar-refractivity contribution in [3.05, 3.63) is 63.2 Å². The third kappa shape index (κ3) is 3.62. The number of amides is 1. The Morgan fingerprint density at radius 3 is 2.80 bits per heavy atom. The number of rotatable bonds is 6. The van der Waals surface area contributed by atoms with Crippen LogP contribution in [0.15, 0.2) is 68.1 Å². The Morgan fingerprint density at radius 2 is 2.07 bits per heavy atom. The molecule has 4 aromatic rings. The predicted octanol–water partition coefficient (Wildman–Crippen LogP) is 4.67. The van der Waals surface area contributed by atoms with E-state index in [2.05, 4.69) is 16.3 Å². The first kappa shape index (κ1) is 19.3. The summed E-state index contributed by atoms with van der Waals surface area (Å²) in [5, 5.41) is 19.4. The van der Waals surface area contributed by atoms with Gasteiger partial charge in [-0.3, -0.25) is 4.79 Å². The Labute approximate surface area is 185 Å². The normalized spacial score (nSPS) is 16.2. The number of aromatic nitrogens is 3. The Morgan fingerprint density at radius 1 is 1.20 bits per heavy atom. The first-order chi connectivity index (χ1) is 14.7. The Hall–Kier alpha value is -2.69. The molecule has 4 aromatic heterocycles. The maximum absolute atomic E-state index is 13.1. The molecule has 1 amide bonds. The number of carbonyl (C=O) groups is 1. The second kappa shape index (κ2) is 8.21. The summed E-state index contributed by atoms with van der Waals surface area (Å²) in [5.74, 6) is 1.46. The van der Waals surface area contributed by atoms with Crippen molar-refractivity contribution >= 4 is 46.1 Å². The number of furan rings is 1. The Balaban J connectivity index is 1.34. The van der Waals surface area contributed by atoms with E-state index < -0.39 is 0 Å². The zero-order valence-corrected chi connectivity index (χ0v) is 18.4. The molecule has 5 heterocycles. The highest BCUT2D eigenvalue weighted by atomic mass is 32.2. The van der Waals surface area contributed by atoms with Gasteiger partial charge in [-0.25, -0.2) is 5.01 Å². The molecule has 1 atom stereocenters. The highest BCUT2D eigenvalue weighted by molar-refractivity contribution is 7.99. The standard InChI is InChI=1S/C20H17N5O2S3/c1-24-19(15-5-2-8-27-15)21-22-20(24)30-12-18(26)25-14(17-7-4-10-29-17)11-13(23-25)16-6-3-9-28-16/h2-10,14H,11-12H2,1H3/t14-/m0/s1. The molecular formula is C20H17N5O2S3. The maximum atomic E-state index is 13.1. The van der Waals surface area contributed by atoms with Crippen LogP contribution in [0.25, 0.3) is 11.6 Å². The van der Waals surface area contributed by atoms with Crippen LogP contribution in [0.5, 0.6) is 0 Å². The van der Waals surface area contributed by atoms with Gasteiger partial charge in [-0.1, -0.05) is 23.9 Å². The molecule has 7 nitrogen and oxygen atoms in total. The van der Waals surface area contributed by atoms with E-state index in [9.17, 15) is 4.79 Å². The van der Waals surface area contributed by atoms with E-state index in [1.807, 2.05) is 52.7 Å². The second-order valence-corrected chi connectivity index (χ2v) is 9.50. The van der Waals surface area contributed by atoms with Gasteiger partial charge in [0.2, 0.25) is 0 Å². The van der Waals surface area contributed by atoms with Crippen LogP contribution >= 0.6 is 34.4 Å². The molecule has 0 N–H and O–H groups in total. The van der Waals surface area contributed by atoms with Crippen molar-refractivity contribution in [2.24, 2.45) is 12.1 Å². The molecule has 0 unspecified atom stereocenters. The van der Waals surface area contributed by atoms with Gasteiger partial charge in [-0.05, 0) is 35.0 Å². The van der Waals surface area contributed by atoms with Gasteiger partial charge >= 0.3 is 0 Å². The van der Waals surface area contributed by atoms with E-state index in [1.54, 1.807) is 33.9 Å². The lowest BCUT2D eigenvalue weighted by Gasteiger charge is -2.20. The number of carbonyl (C=O) groups excluding carboxylic acids is 1. The lowest BCUT2D eigenvalue weighted by molar-refractivity contribution is -0.130. The van der Waals surface area contributed by atoms with Gasteiger partial charge in [0, 0.05) is 18.3 Å². The topological polar surface area (TPSA) is 76.5 Å². The van der Waals surface area contributed by atoms with Crippen molar-refractivity contribution < 1.29 is 9.21 Å². The van der Waals surface area contributed by atoms with Gasteiger partial charge in [0.15, 0.2) is 16.7 Å².